The van der Waals surface area contributed by atoms with Gasteiger partial charge in [-0.2, -0.15) is 11.8 Å². The Morgan fingerprint density at radius 3 is 2.75 bits per heavy atom. The second-order valence-corrected chi connectivity index (χ2v) is 6.80. The van der Waals surface area contributed by atoms with Crippen molar-refractivity contribution in [2.45, 2.75) is 17.8 Å². The molecule has 0 spiro atoms. The largest absolute Gasteiger partial charge is 0.508 e. The minimum absolute atomic E-state index is 0.0188. The van der Waals surface area contributed by atoms with Crippen LogP contribution in [0.25, 0.3) is 0 Å². The highest BCUT2D eigenvalue weighted by molar-refractivity contribution is 7.98. The number of carbonyl (C=O) groups is 4. The molecule has 1 aliphatic heterocycles. The average Bonchev–Trinajstić information content (AvgIpc) is 2.63. The minimum Gasteiger partial charge on any atom is -0.508 e. The lowest BCUT2D eigenvalue weighted by molar-refractivity contribution is -0.144. The van der Waals surface area contributed by atoms with Crippen molar-refractivity contribution < 1.29 is 38.9 Å². The van der Waals surface area contributed by atoms with Gasteiger partial charge in [0.25, 0.3) is 0 Å². The van der Waals surface area contributed by atoms with E-state index >= 15 is 0 Å². The first-order chi connectivity index (χ1) is 13.2. The summed E-state index contributed by atoms with van der Waals surface area (Å²) in [7, 11) is 1.15. The molecule has 152 valence electrons. The smallest absolute Gasteiger partial charge is 0.405 e. The fourth-order valence-electron chi connectivity index (χ4n) is 2.44. The number of hydrogen-bond donors (Lipinski definition) is 5. The van der Waals surface area contributed by atoms with Gasteiger partial charge in [0.05, 0.1) is 12.7 Å². The van der Waals surface area contributed by atoms with Gasteiger partial charge in [0.2, 0.25) is 5.91 Å². The van der Waals surface area contributed by atoms with Crippen molar-refractivity contribution in [1.29, 1.82) is 0 Å². The van der Waals surface area contributed by atoms with E-state index in [0.717, 1.165) is 18.9 Å². The number of esters is 2. The van der Waals surface area contributed by atoms with Crippen LogP contribution in [0.5, 0.6) is 5.75 Å². The van der Waals surface area contributed by atoms with Gasteiger partial charge in [0.1, 0.15) is 24.4 Å². The van der Waals surface area contributed by atoms with Crippen molar-refractivity contribution in [3.63, 3.8) is 0 Å². The molecule has 1 aromatic carbocycles. The Labute approximate surface area is 163 Å². The lowest BCUT2D eigenvalue weighted by atomic mass is 10.1. The zero-order chi connectivity index (χ0) is 20.8. The molecule has 28 heavy (non-hydrogen) atoms. The van der Waals surface area contributed by atoms with Crippen LogP contribution in [0.4, 0.5) is 10.5 Å². The number of anilines is 1. The highest BCUT2D eigenvalue weighted by Gasteiger charge is 2.30. The zero-order valence-corrected chi connectivity index (χ0v) is 15.6. The summed E-state index contributed by atoms with van der Waals surface area (Å²) in [5, 5.41) is 23.3. The van der Waals surface area contributed by atoms with Gasteiger partial charge in [-0.1, -0.05) is 0 Å². The number of nitrogens with two attached hydrogens (primary N) is 1. The highest BCUT2D eigenvalue weighted by atomic mass is 32.2. The van der Waals surface area contributed by atoms with E-state index in [-0.39, 0.29) is 34.1 Å². The first-order valence-electron chi connectivity index (χ1n) is 7.96. The Morgan fingerprint density at radius 1 is 1.39 bits per heavy atom. The number of amides is 2. The number of phenols is 1. The number of thioether (sulfide) groups is 1. The summed E-state index contributed by atoms with van der Waals surface area (Å²) in [4.78, 5) is 47.6. The molecule has 0 bridgehead atoms. The molecule has 0 aromatic heterocycles. The van der Waals surface area contributed by atoms with E-state index in [9.17, 15) is 24.3 Å². The number of nitrogens with one attached hydrogen (secondary N) is 2. The van der Waals surface area contributed by atoms with Crippen LogP contribution in [0.1, 0.15) is 15.9 Å². The minimum atomic E-state index is -1.52. The maximum atomic E-state index is 12.4. The fourth-order valence-corrected chi connectivity index (χ4v) is 3.52. The number of nitrogen functional groups attached to an aromatic ring is 1. The molecule has 11 nitrogen and oxygen atoms in total. The van der Waals surface area contributed by atoms with Gasteiger partial charge in [-0.05, 0) is 6.07 Å². The molecule has 1 heterocycles. The van der Waals surface area contributed by atoms with Crippen molar-refractivity contribution in [3.8, 4) is 5.75 Å². The SMILES string of the molecule is COC(=O)[C@@H]1CSCc2c(O)cc(N)cc2C(=O)OC[C@H](NC(=O)O)C(=O)N1. The molecule has 0 saturated heterocycles. The Balaban J connectivity index is 2.39. The van der Waals surface area contributed by atoms with Gasteiger partial charge in [0.15, 0.2) is 0 Å². The number of rotatable bonds is 2. The van der Waals surface area contributed by atoms with E-state index in [4.69, 9.17) is 15.6 Å². The van der Waals surface area contributed by atoms with Crippen LogP contribution in [0, 0.1) is 0 Å². The lowest BCUT2D eigenvalue weighted by Gasteiger charge is -2.22. The number of methoxy groups -OCH3 is 1. The van der Waals surface area contributed by atoms with Crippen LogP contribution in [0.15, 0.2) is 12.1 Å². The second-order valence-electron chi connectivity index (χ2n) is 5.77. The van der Waals surface area contributed by atoms with Crippen LogP contribution < -0.4 is 16.4 Å². The molecule has 0 aliphatic carbocycles. The molecule has 2 rings (SSSR count). The Hall–Kier alpha value is -3.15. The molecule has 0 fully saturated rings. The number of carbonyl (C=O) groups excluding carboxylic acids is 3. The van der Waals surface area contributed by atoms with Crippen molar-refractivity contribution in [1.82, 2.24) is 10.6 Å². The quantitative estimate of drug-likeness (QED) is 0.318. The molecule has 0 unspecified atom stereocenters. The van der Waals surface area contributed by atoms with Crippen molar-refractivity contribution >= 4 is 41.4 Å². The van der Waals surface area contributed by atoms with E-state index in [1.165, 1.54) is 12.1 Å². The maximum absolute atomic E-state index is 12.4. The summed E-state index contributed by atoms with van der Waals surface area (Å²) in [6.45, 7) is -0.632. The van der Waals surface area contributed by atoms with Crippen molar-refractivity contribution in [3.05, 3.63) is 23.3 Å². The standard InChI is InChI=1S/C16H19N3O8S/c1-26-15(23)11-6-28-5-9-8(2-7(17)3-12(9)20)14(22)27-4-10(13(21)18-11)19-16(24)25/h2-3,10-11,19-20H,4-6,17H2,1H3,(H,18,21)(H,24,25)/t10-,11-/m0/s1. The molecule has 12 heteroatoms. The number of cyclic esters (lactones) is 1. The monoisotopic (exact) mass is 413 g/mol. The Morgan fingerprint density at radius 2 is 2.11 bits per heavy atom. The van der Waals surface area contributed by atoms with Crippen molar-refractivity contribution in [2.24, 2.45) is 0 Å². The zero-order valence-electron chi connectivity index (χ0n) is 14.8. The first kappa shape index (κ1) is 21.2. The van der Waals surface area contributed by atoms with Gasteiger partial charge in [-0.3, -0.25) is 4.79 Å². The van der Waals surface area contributed by atoms with Gasteiger partial charge in [-0.15, -0.1) is 0 Å². The van der Waals surface area contributed by atoms with Gasteiger partial charge in [-0.25, -0.2) is 14.4 Å². The third-order valence-corrected chi connectivity index (χ3v) is 4.86. The molecule has 1 aliphatic rings. The average molecular weight is 413 g/mol. The van der Waals surface area contributed by atoms with Gasteiger partial charge < -0.3 is 36.1 Å². The number of benzene rings is 1. The van der Waals surface area contributed by atoms with Crippen LogP contribution in [-0.2, 0) is 24.8 Å². The van der Waals surface area contributed by atoms with E-state index in [1.54, 1.807) is 0 Å². The van der Waals surface area contributed by atoms with Crippen molar-refractivity contribution in [2.75, 3.05) is 25.2 Å². The number of phenolic OH excluding ortho intramolecular Hbond substituents is 1. The van der Waals surface area contributed by atoms with E-state index in [0.29, 0.717) is 0 Å². The summed E-state index contributed by atoms with van der Waals surface area (Å²) in [5.41, 5.74) is 6.01. The molecule has 6 N–H and O–H groups in total. The summed E-state index contributed by atoms with van der Waals surface area (Å²) >= 11 is 1.14. The van der Waals surface area contributed by atoms with Crippen LogP contribution >= 0.6 is 11.8 Å². The molecular weight excluding hydrogens is 394 g/mol. The summed E-state index contributed by atoms with van der Waals surface area (Å²) < 4.78 is 9.69. The Kier molecular flexibility index (Phi) is 6.93. The lowest BCUT2D eigenvalue weighted by Crippen LogP contribution is -2.54. The predicted octanol–water partition coefficient (Wildman–Crippen LogP) is -0.328. The summed E-state index contributed by atoms with van der Waals surface area (Å²) in [5.74, 6) is -2.52. The van der Waals surface area contributed by atoms with Gasteiger partial charge in [0, 0.05) is 28.8 Å². The van der Waals surface area contributed by atoms with E-state index in [2.05, 4.69) is 10.1 Å². The van der Waals surface area contributed by atoms with E-state index in [1.807, 2.05) is 5.32 Å². The first-order valence-corrected chi connectivity index (χ1v) is 9.12. The number of fused-ring (bicyclic) bond motifs is 1. The highest BCUT2D eigenvalue weighted by Crippen LogP contribution is 2.30. The topological polar surface area (TPSA) is 177 Å². The molecule has 0 radical (unpaired) electrons. The molecule has 2 atom stereocenters. The van der Waals surface area contributed by atoms with E-state index < -0.39 is 42.6 Å². The van der Waals surface area contributed by atoms with Crippen LogP contribution in [0.2, 0.25) is 0 Å². The van der Waals surface area contributed by atoms with Crippen LogP contribution in [0.3, 0.4) is 0 Å². The normalized spacial score (nSPS) is 20.5. The number of hydrogen-bond acceptors (Lipinski definition) is 9. The third-order valence-electron chi connectivity index (χ3n) is 3.80. The number of carboxylic acid groups (broad SMARTS) is 1. The van der Waals surface area contributed by atoms with Crippen LogP contribution in [-0.4, -0.2) is 65.7 Å². The molecular formula is C16H19N3O8S. The molecule has 0 saturated carbocycles. The third kappa shape index (κ3) is 5.19. The number of aromatic hydroxyl groups is 1. The summed E-state index contributed by atoms with van der Waals surface area (Å²) in [6.07, 6.45) is -1.52. The number of ether oxygens (including phenoxy) is 2. The van der Waals surface area contributed by atoms with Gasteiger partial charge >= 0.3 is 18.0 Å². The Bertz CT molecular complexity index is 800. The predicted molar refractivity (Wildman–Crippen MR) is 97.9 cm³/mol. The second kappa shape index (κ2) is 9.17. The maximum Gasteiger partial charge on any atom is 0.405 e. The molecule has 2 amide bonds. The fraction of sp³-hybridized carbons (Fsp3) is 0.375. The molecule has 1 aromatic rings. The summed E-state index contributed by atoms with van der Waals surface area (Å²) in [6, 6.07) is 0.0416.